The molecule has 0 aliphatic carbocycles. The molecule has 0 radical (unpaired) electrons. The molecule has 4 rings (SSSR count). The lowest BCUT2D eigenvalue weighted by atomic mass is 9.95. The normalized spacial score (nSPS) is 26.4. The van der Waals surface area contributed by atoms with E-state index < -0.39 is 10.0 Å². The van der Waals surface area contributed by atoms with E-state index in [0.717, 1.165) is 18.4 Å². The molecule has 2 heterocycles. The first kappa shape index (κ1) is 16.5. The molecule has 0 spiro atoms. The summed E-state index contributed by atoms with van der Waals surface area (Å²) in [6, 6.07) is 12.3. The highest BCUT2D eigenvalue weighted by molar-refractivity contribution is 7.90. The highest BCUT2D eigenvalue weighted by Crippen LogP contribution is 2.38. The van der Waals surface area contributed by atoms with Crippen molar-refractivity contribution >= 4 is 26.7 Å². The third kappa shape index (κ3) is 2.47. The van der Waals surface area contributed by atoms with Gasteiger partial charge in [-0.3, -0.25) is 4.79 Å². The zero-order valence-electron chi connectivity index (χ0n) is 14.2. The molecule has 2 aromatic carbocycles. The number of hydrogen-bond acceptors (Lipinski definition) is 4. The molecule has 25 heavy (non-hydrogen) atoms. The SMILES string of the molecule is CCC[C@H]1C(=O)N(S(=O)(=O)c2cccc3ccccc23)[C@H]2CCN[C@H]12. The van der Waals surface area contributed by atoms with E-state index in [1.165, 1.54) is 4.31 Å². The van der Waals surface area contributed by atoms with Gasteiger partial charge in [0.15, 0.2) is 0 Å². The van der Waals surface area contributed by atoms with Gasteiger partial charge in [0.05, 0.1) is 16.9 Å². The summed E-state index contributed by atoms with van der Waals surface area (Å²) in [6.45, 7) is 2.78. The maximum Gasteiger partial charge on any atom is 0.267 e. The number of benzene rings is 2. The number of carbonyl (C=O) groups is 1. The van der Waals surface area contributed by atoms with Crippen molar-refractivity contribution in [3.63, 3.8) is 0 Å². The van der Waals surface area contributed by atoms with Crippen molar-refractivity contribution in [1.29, 1.82) is 0 Å². The Kier molecular flexibility index (Phi) is 4.04. The summed E-state index contributed by atoms with van der Waals surface area (Å²) in [5.41, 5.74) is 0. The number of sulfonamides is 1. The summed E-state index contributed by atoms with van der Waals surface area (Å²) in [5.74, 6) is -0.501. The van der Waals surface area contributed by atoms with Gasteiger partial charge in [0.25, 0.3) is 10.0 Å². The molecule has 5 nitrogen and oxygen atoms in total. The summed E-state index contributed by atoms with van der Waals surface area (Å²) in [4.78, 5) is 13.2. The first-order valence-electron chi connectivity index (χ1n) is 8.85. The Bertz CT molecular complexity index is 920. The average Bonchev–Trinajstić information content (AvgIpc) is 3.16. The monoisotopic (exact) mass is 358 g/mol. The smallest absolute Gasteiger partial charge is 0.267 e. The van der Waals surface area contributed by atoms with E-state index in [0.29, 0.717) is 18.2 Å². The summed E-state index contributed by atoms with van der Waals surface area (Å²) in [6.07, 6.45) is 2.26. The van der Waals surface area contributed by atoms with Crippen LogP contribution in [0.2, 0.25) is 0 Å². The molecular formula is C19H22N2O3S. The molecular weight excluding hydrogens is 336 g/mol. The Hall–Kier alpha value is -1.92. The Labute approximate surface area is 148 Å². The van der Waals surface area contributed by atoms with Crippen LogP contribution in [0.4, 0.5) is 0 Å². The number of carbonyl (C=O) groups excluding carboxylic acids is 1. The van der Waals surface area contributed by atoms with Crippen LogP contribution in [0.15, 0.2) is 47.4 Å². The average molecular weight is 358 g/mol. The number of fused-ring (bicyclic) bond motifs is 2. The second kappa shape index (κ2) is 6.11. The molecule has 0 saturated carbocycles. The quantitative estimate of drug-likeness (QED) is 0.912. The summed E-state index contributed by atoms with van der Waals surface area (Å²) in [7, 11) is -3.88. The summed E-state index contributed by atoms with van der Waals surface area (Å²) in [5, 5.41) is 4.88. The highest BCUT2D eigenvalue weighted by Gasteiger charge is 2.54. The van der Waals surface area contributed by atoms with Gasteiger partial charge in [-0.05, 0) is 30.8 Å². The van der Waals surface area contributed by atoms with E-state index in [2.05, 4.69) is 5.32 Å². The van der Waals surface area contributed by atoms with Crippen LogP contribution in [0.5, 0.6) is 0 Å². The number of amides is 1. The van der Waals surface area contributed by atoms with Crippen LogP contribution < -0.4 is 5.32 Å². The predicted octanol–water partition coefficient (Wildman–Crippen LogP) is 2.52. The molecule has 3 atom stereocenters. The van der Waals surface area contributed by atoms with Crippen LogP contribution in [-0.2, 0) is 14.8 Å². The number of nitrogens with one attached hydrogen (secondary N) is 1. The Morgan fingerprint density at radius 3 is 2.72 bits per heavy atom. The van der Waals surface area contributed by atoms with Gasteiger partial charge in [0.1, 0.15) is 0 Å². The Balaban J connectivity index is 1.83. The van der Waals surface area contributed by atoms with Crippen LogP contribution in [0.25, 0.3) is 10.8 Å². The molecule has 2 aliphatic rings. The fraction of sp³-hybridized carbons (Fsp3) is 0.421. The largest absolute Gasteiger partial charge is 0.311 e. The number of nitrogens with zero attached hydrogens (tertiary/aromatic N) is 1. The van der Waals surface area contributed by atoms with Crippen molar-refractivity contribution in [2.75, 3.05) is 6.54 Å². The van der Waals surface area contributed by atoms with Crippen molar-refractivity contribution in [3.05, 3.63) is 42.5 Å². The van der Waals surface area contributed by atoms with E-state index in [-0.39, 0.29) is 28.8 Å². The minimum atomic E-state index is -3.88. The zero-order valence-corrected chi connectivity index (χ0v) is 15.0. The summed E-state index contributed by atoms with van der Waals surface area (Å²) < 4.78 is 28.0. The van der Waals surface area contributed by atoms with E-state index in [1.807, 2.05) is 31.2 Å². The third-order valence-corrected chi connectivity index (χ3v) is 7.27. The van der Waals surface area contributed by atoms with E-state index in [4.69, 9.17) is 0 Å². The molecule has 0 aromatic heterocycles. The first-order chi connectivity index (χ1) is 12.1. The van der Waals surface area contributed by atoms with Gasteiger partial charge in [0, 0.05) is 11.4 Å². The van der Waals surface area contributed by atoms with Gasteiger partial charge in [-0.2, -0.15) is 0 Å². The van der Waals surface area contributed by atoms with Gasteiger partial charge < -0.3 is 5.32 Å². The third-order valence-electron chi connectivity index (χ3n) is 5.39. The molecule has 0 bridgehead atoms. The van der Waals surface area contributed by atoms with E-state index in [9.17, 15) is 13.2 Å². The van der Waals surface area contributed by atoms with Gasteiger partial charge in [0.2, 0.25) is 5.91 Å². The Morgan fingerprint density at radius 1 is 1.16 bits per heavy atom. The molecule has 2 fully saturated rings. The lowest BCUT2D eigenvalue weighted by Crippen LogP contribution is -2.40. The lowest BCUT2D eigenvalue weighted by molar-refractivity contribution is -0.128. The van der Waals surface area contributed by atoms with E-state index >= 15 is 0 Å². The van der Waals surface area contributed by atoms with Crippen LogP contribution in [0.1, 0.15) is 26.2 Å². The van der Waals surface area contributed by atoms with Crippen molar-refractivity contribution < 1.29 is 13.2 Å². The van der Waals surface area contributed by atoms with Crippen LogP contribution >= 0.6 is 0 Å². The van der Waals surface area contributed by atoms with Gasteiger partial charge >= 0.3 is 0 Å². The predicted molar refractivity (Wildman–Crippen MR) is 96.6 cm³/mol. The molecule has 2 saturated heterocycles. The van der Waals surface area contributed by atoms with Crippen LogP contribution in [-0.4, -0.2) is 37.3 Å². The van der Waals surface area contributed by atoms with Gasteiger partial charge in [-0.1, -0.05) is 49.7 Å². The van der Waals surface area contributed by atoms with Crippen molar-refractivity contribution in [1.82, 2.24) is 9.62 Å². The Morgan fingerprint density at radius 2 is 1.92 bits per heavy atom. The fourth-order valence-electron chi connectivity index (χ4n) is 4.30. The maximum absolute atomic E-state index is 13.4. The second-order valence-corrected chi connectivity index (χ2v) is 8.63. The second-order valence-electron chi connectivity index (χ2n) is 6.85. The minimum Gasteiger partial charge on any atom is -0.311 e. The van der Waals surface area contributed by atoms with Gasteiger partial charge in [-0.25, -0.2) is 12.7 Å². The molecule has 6 heteroatoms. The molecule has 1 amide bonds. The fourth-order valence-corrected chi connectivity index (χ4v) is 6.20. The molecule has 0 unspecified atom stereocenters. The molecule has 2 aromatic rings. The van der Waals surface area contributed by atoms with Crippen LogP contribution in [0.3, 0.4) is 0 Å². The minimum absolute atomic E-state index is 0.0581. The van der Waals surface area contributed by atoms with Crippen molar-refractivity contribution in [2.24, 2.45) is 5.92 Å². The zero-order chi connectivity index (χ0) is 17.6. The summed E-state index contributed by atoms with van der Waals surface area (Å²) >= 11 is 0. The van der Waals surface area contributed by atoms with Gasteiger partial charge in [-0.15, -0.1) is 0 Å². The first-order valence-corrected chi connectivity index (χ1v) is 10.3. The van der Waals surface area contributed by atoms with Crippen LogP contribution in [0, 0.1) is 5.92 Å². The van der Waals surface area contributed by atoms with Crippen molar-refractivity contribution in [3.8, 4) is 0 Å². The lowest BCUT2D eigenvalue weighted by Gasteiger charge is -2.23. The van der Waals surface area contributed by atoms with Crippen molar-refractivity contribution in [2.45, 2.75) is 43.2 Å². The highest BCUT2D eigenvalue weighted by atomic mass is 32.2. The molecule has 2 aliphatic heterocycles. The topological polar surface area (TPSA) is 66.5 Å². The number of rotatable bonds is 4. The maximum atomic E-state index is 13.4. The molecule has 1 N–H and O–H groups in total. The van der Waals surface area contributed by atoms with E-state index in [1.54, 1.807) is 18.2 Å². The standard InChI is InChI=1S/C19H22N2O3S/c1-2-6-15-18-16(11-12-20-18)21(19(15)22)25(23,24)17-10-5-8-13-7-3-4-9-14(13)17/h3-5,7-10,15-16,18,20H,2,6,11-12H2,1H3/t15-,16+,18-/m1/s1. The molecule has 132 valence electrons. The number of hydrogen-bond donors (Lipinski definition) is 1.